The molecule has 2 aromatic heterocycles. The molecule has 3 heterocycles. The van der Waals surface area contributed by atoms with E-state index >= 15 is 0 Å². The Labute approximate surface area is 239 Å². The molecule has 1 fully saturated rings. The van der Waals surface area contributed by atoms with Gasteiger partial charge in [0.2, 0.25) is 0 Å². The molecule has 0 spiro atoms. The molecule has 1 unspecified atom stereocenters. The molecule has 1 aromatic carbocycles. The maximum atomic E-state index is 12.3. The van der Waals surface area contributed by atoms with Crippen LogP contribution >= 0.6 is 11.3 Å². The fourth-order valence-corrected chi connectivity index (χ4v) is 6.05. The van der Waals surface area contributed by atoms with Gasteiger partial charge in [0.05, 0.1) is 11.8 Å². The molecular formula is C29H41N7O3S. The van der Waals surface area contributed by atoms with E-state index in [1.54, 1.807) is 12.1 Å². The van der Waals surface area contributed by atoms with Crippen molar-refractivity contribution in [1.29, 1.82) is 0 Å². The smallest absolute Gasteiger partial charge is 0.260 e. The first kappa shape index (κ1) is 29.7. The molecule has 3 aromatic rings. The highest BCUT2D eigenvalue weighted by atomic mass is 32.1. The number of rotatable bonds is 12. The average molecular weight is 568 g/mol. The zero-order chi connectivity index (χ0) is 28.8. The number of benzene rings is 1. The number of amides is 2. The van der Waals surface area contributed by atoms with Crippen molar-refractivity contribution >= 4 is 44.9 Å². The van der Waals surface area contributed by atoms with E-state index < -0.39 is 12.0 Å². The van der Waals surface area contributed by atoms with Crippen molar-refractivity contribution in [3.05, 3.63) is 51.9 Å². The summed E-state index contributed by atoms with van der Waals surface area (Å²) in [6.07, 6.45) is 2.99. The zero-order valence-corrected chi connectivity index (χ0v) is 24.4. The van der Waals surface area contributed by atoms with Crippen LogP contribution in [-0.2, 0) is 6.42 Å². The number of pyridine rings is 1. The minimum absolute atomic E-state index is 0.112. The third kappa shape index (κ3) is 7.08. The summed E-state index contributed by atoms with van der Waals surface area (Å²) >= 11 is 1.27. The lowest BCUT2D eigenvalue weighted by Gasteiger charge is -2.34. The predicted octanol–water partition coefficient (Wildman–Crippen LogP) is 2.51. The van der Waals surface area contributed by atoms with Gasteiger partial charge in [0.15, 0.2) is 0 Å². The number of hydrogen-bond donors (Lipinski definition) is 5. The molecule has 1 saturated heterocycles. The molecule has 10 nitrogen and oxygen atoms in total. The second-order valence-electron chi connectivity index (χ2n) is 10.6. The van der Waals surface area contributed by atoms with Gasteiger partial charge in [0.25, 0.3) is 11.8 Å². The largest absolute Gasteiger partial charge is 0.397 e. The third-order valence-electron chi connectivity index (χ3n) is 7.33. The number of aliphatic hydroxyl groups excluding tert-OH is 1. The standard InChI is InChI=1S/C29H41N7O3S/c1-4-5-20-16-23(34-29-24(20)25(30)26(40-29)27(31)38)36-13-10-21(11-14-36)33-17-22(37)18-6-8-19(9-7-18)28(39)32-12-15-35(2)3/h6-9,16,21-22,33,37H,4-5,10-15,17,30H2,1-3H3,(H2,31,38)(H,32,39). The Morgan fingerprint density at radius 1 is 1.23 bits per heavy atom. The summed E-state index contributed by atoms with van der Waals surface area (Å²) in [5, 5.41) is 18.0. The number of nitrogens with one attached hydrogen (secondary N) is 2. The van der Waals surface area contributed by atoms with Crippen molar-refractivity contribution < 1.29 is 14.7 Å². The number of likely N-dealkylation sites (N-methyl/N-ethyl adjacent to an activating group) is 1. The van der Waals surface area contributed by atoms with Gasteiger partial charge in [0, 0.05) is 49.7 Å². The molecule has 1 aliphatic rings. The Morgan fingerprint density at radius 3 is 2.55 bits per heavy atom. The first-order chi connectivity index (χ1) is 19.2. The van der Waals surface area contributed by atoms with Crippen LogP contribution < -0.4 is 27.0 Å². The Hall–Kier alpha value is -3.25. The van der Waals surface area contributed by atoms with E-state index in [1.165, 1.54) is 11.3 Å². The molecule has 4 rings (SSSR count). The highest BCUT2D eigenvalue weighted by Crippen LogP contribution is 2.37. The first-order valence-corrected chi connectivity index (χ1v) is 14.7. The number of aliphatic hydroxyl groups is 1. The van der Waals surface area contributed by atoms with Gasteiger partial charge in [0.1, 0.15) is 15.5 Å². The summed E-state index contributed by atoms with van der Waals surface area (Å²) in [5.74, 6) is 0.271. The van der Waals surface area contributed by atoms with Gasteiger partial charge >= 0.3 is 0 Å². The SMILES string of the molecule is CCCc1cc(N2CCC(NCC(O)c3ccc(C(=O)NCCN(C)C)cc3)CC2)nc2sc(C(N)=O)c(N)c12. The van der Waals surface area contributed by atoms with Crippen molar-refractivity contribution in [3.63, 3.8) is 0 Å². The highest BCUT2D eigenvalue weighted by Gasteiger charge is 2.24. The van der Waals surface area contributed by atoms with Gasteiger partial charge < -0.3 is 37.0 Å². The van der Waals surface area contributed by atoms with E-state index in [0.29, 0.717) is 29.2 Å². The van der Waals surface area contributed by atoms with Gasteiger partial charge in [-0.1, -0.05) is 25.5 Å². The maximum Gasteiger partial charge on any atom is 0.260 e. The number of carbonyl (C=O) groups excluding carboxylic acids is 2. The number of anilines is 2. The van der Waals surface area contributed by atoms with Crippen LogP contribution in [-0.4, -0.2) is 79.7 Å². The number of primary amides is 1. The van der Waals surface area contributed by atoms with Crippen molar-refractivity contribution in [2.45, 2.75) is 44.8 Å². The molecule has 0 aliphatic carbocycles. The zero-order valence-electron chi connectivity index (χ0n) is 23.6. The number of nitrogens with zero attached hydrogens (tertiary/aromatic N) is 3. The predicted molar refractivity (Wildman–Crippen MR) is 162 cm³/mol. The van der Waals surface area contributed by atoms with Gasteiger partial charge in [-0.3, -0.25) is 9.59 Å². The lowest BCUT2D eigenvalue weighted by molar-refractivity contribution is 0.0949. The van der Waals surface area contributed by atoms with Crippen molar-refractivity contribution in [2.75, 3.05) is 57.5 Å². The average Bonchev–Trinajstić information content (AvgIpc) is 3.28. The molecule has 1 aliphatic heterocycles. The van der Waals surface area contributed by atoms with E-state index in [1.807, 2.05) is 31.1 Å². The lowest BCUT2D eigenvalue weighted by atomic mass is 10.0. The molecule has 0 bridgehead atoms. The monoisotopic (exact) mass is 567 g/mol. The maximum absolute atomic E-state index is 12.3. The number of aryl methyl sites for hydroxylation is 1. The Morgan fingerprint density at radius 2 is 1.93 bits per heavy atom. The normalized spacial score (nSPS) is 15.1. The number of aromatic nitrogens is 1. The minimum Gasteiger partial charge on any atom is -0.397 e. The van der Waals surface area contributed by atoms with E-state index in [4.69, 9.17) is 16.5 Å². The Kier molecular flexibility index (Phi) is 9.96. The van der Waals surface area contributed by atoms with Crippen LogP contribution in [0.3, 0.4) is 0 Å². The van der Waals surface area contributed by atoms with E-state index in [2.05, 4.69) is 28.5 Å². The number of carbonyl (C=O) groups is 2. The Balaban J connectivity index is 1.31. The third-order valence-corrected chi connectivity index (χ3v) is 8.45. The minimum atomic E-state index is -0.659. The summed E-state index contributed by atoms with van der Waals surface area (Å²) in [6, 6.07) is 9.52. The van der Waals surface area contributed by atoms with Crippen LogP contribution in [0.15, 0.2) is 30.3 Å². The summed E-state index contributed by atoms with van der Waals surface area (Å²) in [5.41, 5.74) is 14.7. The quantitative estimate of drug-likeness (QED) is 0.224. The summed E-state index contributed by atoms with van der Waals surface area (Å²) in [7, 11) is 3.93. The van der Waals surface area contributed by atoms with Crippen LogP contribution in [0.4, 0.5) is 11.5 Å². The number of hydrogen-bond acceptors (Lipinski definition) is 9. The second kappa shape index (κ2) is 13.4. The highest BCUT2D eigenvalue weighted by molar-refractivity contribution is 7.21. The molecule has 0 saturated carbocycles. The second-order valence-corrected chi connectivity index (χ2v) is 11.6. The van der Waals surface area contributed by atoms with E-state index in [-0.39, 0.29) is 11.9 Å². The fourth-order valence-electron chi connectivity index (χ4n) is 5.06. The van der Waals surface area contributed by atoms with E-state index in [9.17, 15) is 14.7 Å². The molecule has 216 valence electrons. The fraction of sp³-hybridized carbons (Fsp3) is 0.483. The van der Waals surface area contributed by atoms with Crippen molar-refractivity contribution in [1.82, 2.24) is 20.5 Å². The van der Waals surface area contributed by atoms with Gasteiger partial charge in [-0.15, -0.1) is 11.3 Å². The molecule has 2 amide bonds. The van der Waals surface area contributed by atoms with Gasteiger partial charge in [-0.05, 0) is 62.7 Å². The summed E-state index contributed by atoms with van der Waals surface area (Å²) in [4.78, 5) is 34.4. The van der Waals surface area contributed by atoms with Gasteiger partial charge in [-0.2, -0.15) is 0 Å². The molecule has 1 atom stereocenters. The number of thiophene rings is 1. The van der Waals surface area contributed by atoms with Crippen LogP contribution in [0, 0.1) is 0 Å². The van der Waals surface area contributed by atoms with Crippen LogP contribution in [0.25, 0.3) is 10.2 Å². The topological polar surface area (TPSA) is 150 Å². The summed E-state index contributed by atoms with van der Waals surface area (Å²) in [6.45, 7) is 5.59. The molecular weight excluding hydrogens is 526 g/mol. The van der Waals surface area contributed by atoms with E-state index in [0.717, 1.165) is 72.5 Å². The lowest BCUT2D eigenvalue weighted by Crippen LogP contribution is -2.44. The number of piperidine rings is 1. The van der Waals surface area contributed by atoms with Crippen molar-refractivity contribution in [2.24, 2.45) is 5.73 Å². The number of nitrogens with two attached hydrogens (primary N) is 2. The summed E-state index contributed by atoms with van der Waals surface area (Å²) < 4.78 is 0. The number of nitrogen functional groups attached to an aromatic ring is 1. The van der Waals surface area contributed by atoms with Crippen LogP contribution in [0.5, 0.6) is 0 Å². The van der Waals surface area contributed by atoms with Crippen molar-refractivity contribution in [3.8, 4) is 0 Å². The molecule has 40 heavy (non-hydrogen) atoms. The first-order valence-electron chi connectivity index (χ1n) is 13.9. The number of fused-ring (bicyclic) bond motifs is 1. The molecule has 0 radical (unpaired) electrons. The van der Waals surface area contributed by atoms with Crippen LogP contribution in [0.1, 0.15) is 63.4 Å². The van der Waals surface area contributed by atoms with Gasteiger partial charge in [-0.25, -0.2) is 4.98 Å². The Bertz CT molecular complexity index is 1320. The molecule has 7 N–H and O–H groups in total. The molecule has 11 heteroatoms. The van der Waals surface area contributed by atoms with Crippen LogP contribution in [0.2, 0.25) is 0 Å².